The smallest absolute Gasteiger partial charge is 0.306 e. The van der Waals surface area contributed by atoms with Crippen LogP contribution in [0.2, 0.25) is 0 Å². The van der Waals surface area contributed by atoms with Gasteiger partial charge in [0, 0.05) is 0 Å². The minimum absolute atomic E-state index is 0.0673. The van der Waals surface area contributed by atoms with Crippen molar-refractivity contribution in [3.05, 3.63) is 29.8 Å². The number of nitrogens with zero attached hydrogens (tertiary/aromatic N) is 1. The number of methoxy groups -OCH3 is 1. The third-order valence-electron chi connectivity index (χ3n) is 2.50. The van der Waals surface area contributed by atoms with Gasteiger partial charge < -0.3 is 9.47 Å². The van der Waals surface area contributed by atoms with Gasteiger partial charge in [0.25, 0.3) is 0 Å². The third kappa shape index (κ3) is 5.28. The van der Waals surface area contributed by atoms with Crippen molar-refractivity contribution in [2.45, 2.75) is 6.42 Å². The molecule has 7 heteroatoms. The lowest BCUT2D eigenvalue weighted by molar-refractivity contribution is -0.140. The molecule has 1 aromatic rings. The second-order valence-corrected chi connectivity index (χ2v) is 6.24. The fraction of sp³-hybridized carbons (Fsp3) is 0.385. The predicted molar refractivity (Wildman–Crippen MR) is 71.9 cm³/mol. The summed E-state index contributed by atoms with van der Waals surface area (Å²) in [6.07, 6.45) is -0.173. The Bertz CT molecular complexity index is 603. The van der Waals surface area contributed by atoms with Crippen LogP contribution in [-0.2, 0) is 19.4 Å². The molecule has 108 valence electrons. The quantitative estimate of drug-likeness (QED) is 0.695. The average molecular weight is 297 g/mol. The molecule has 0 fully saturated rings. The Morgan fingerprint density at radius 1 is 1.30 bits per heavy atom. The van der Waals surface area contributed by atoms with E-state index in [1.807, 2.05) is 6.07 Å². The molecule has 0 spiro atoms. The number of carbonyl (C=O) groups excluding carboxylic acids is 1. The fourth-order valence-electron chi connectivity index (χ4n) is 1.41. The highest BCUT2D eigenvalue weighted by Gasteiger charge is 2.14. The first-order valence-corrected chi connectivity index (χ1v) is 7.70. The number of para-hydroxylation sites is 1. The summed E-state index contributed by atoms with van der Waals surface area (Å²) in [5.41, 5.74) is 0.347. The molecule has 1 aromatic carbocycles. The van der Waals surface area contributed by atoms with E-state index in [0.29, 0.717) is 11.3 Å². The molecule has 0 bridgehead atoms. The Labute approximate surface area is 117 Å². The molecule has 1 rings (SSSR count). The van der Waals surface area contributed by atoms with Crippen LogP contribution >= 0.6 is 0 Å². The van der Waals surface area contributed by atoms with Crippen molar-refractivity contribution < 1.29 is 22.7 Å². The number of hydrogen-bond donors (Lipinski definition) is 0. The molecular weight excluding hydrogens is 282 g/mol. The molecular formula is C13H15NO5S. The molecule has 0 radical (unpaired) electrons. The van der Waals surface area contributed by atoms with Crippen LogP contribution in [0, 0.1) is 11.3 Å². The van der Waals surface area contributed by atoms with Crippen molar-refractivity contribution in [3.8, 4) is 11.8 Å². The van der Waals surface area contributed by atoms with E-state index in [9.17, 15) is 13.2 Å². The van der Waals surface area contributed by atoms with Gasteiger partial charge in [-0.15, -0.1) is 0 Å². The van der Waals surface area contributed by atoms with Gasteiger partial charge in [0.2, 0.25) is 0 Å². The van der Waals surface area contributed by atoms with Crippen LogP contribution in [0.3, 0.4) is 0 Å². The predicted octanol–water partition coefficient (Wildman–Crippen LogP) is 0.915. The SMILES string of the molecule is COC(=O)CCS(=O)(=O)CCOc1ccccc1C#N. The number of rotatable bonds is 7. The van der Waals surface area contributed by atoms with Crippen molar-refractivity contribution in [1.29, 1.82) is 5.26 Å². The molecule has 0 heterocycles. The number of carbonyl (C=O) groups is 1. The van der Waals surface area contributed by atoms with Crippen LogP contribution in [0.25, 0.3) is 0 Å². The number of ether oxygens (including phenoxy) is 2. The molecule has 0 saturated heterocycles. The van der Waals surface area contributed by atoms with Gasteiger partial charge in [-0.05, 0) is 12.1 Å². The zero-order valence-corrected chi connectivity index (χ0v) is 11.9. The van der Waals surface area contributed by atoms with E-state index in [4.69, 9.17) is 10.00 Å². The van der Waals surface area contributed by atoms with Gasteiger partial charge in [0.15, 0.2) is 9.84 Å². The van der Waals surface area contributed by atoms with E-state index in [-0.39, 0.29) is 24.5 Å². The molecule has 0 saturated carbocycles. The second kappa shape index (κ2) is 7.50. The highest BCUT2D eigenvalue weighted by molar-refractivity contribution is 7.91. The first-order valence-electron chi connectivity index (χ1n) is 5.87. The van der Waals surface area contributed by atoms with Gasteiger partial charge >= 0.3 is 5.97 Å². The molecule has 0 aliphatic carbocycles. The minimum Gasteiger partial charge on any atom is -0.491 e. The topological polar surface area (TPSA) is 93.5 Å². The summed E-state index contributed by atoms with van der Waals surface area (Å²) in [6.45, 7) is -0.0673. The van der Waals surface area contributed by atoms with Crippen molar-refractivity contribution in [3.63, 3.8) is 0 Å². The van der Waals surface area contributed by atoms with Crippen LogP contribution < -0.4 is 4.74 Å². The summed E-state index contributed by atoms with van der Waals surface area (Å²) in [7, 11) is -2.18. The Hall–Kier alpha value is -2.07. The maximum absolute atomic E-state index is 11.6. The molecule has 0 amide bonds. The number of esters is 1. The molecule has 6 nitrogen and oxygen atoms in total. The van der Waals surface area contributed by atoms with Crippen molar-refractivity contribution in [2.24, 2.45) is 0 Å². The number of benzene rings is 1. The van der Waals surface area contributed by atoms with Crippen molar-refractivity contribution in [2.75, 3.05) is 25.2 Å². The Morgan fingerprint density at radius 2 is 2.00 bits per heavy atom. The number of hydrogen-bond acceptors (Lipinski definition) is 6. The van der Waals surface area contributed by atoms with E-state index in [1.165, 1.54) is 7.11 Å². The number of nitriles is 1. The Morgan fingerprint density at radius 3 is 2.65 bits per heavy atom. The van der Waals surface area contributed by atoms with Crippen LogP contribution in [0.4, 0.5) is 0 Å². The monoisotopic (exact) mass is 297 g/mol. The van der Waals surface area contributed by atoms with Gasteiger partial charge in [0.1, 0.15) is 18.4 Å². The summed E-state index contributed by atoms with van der Waals surface area (Å²) in [5, 5.41) is 8.85. The zero-order chi connectivity index (χ0) is 15.0. The first kappa shape index (κ1) is 16.0. The zero-order valence-electron chi connectivity index (χ0n) is 11.0. The highest BCUT2D eigenvalue weighted by Crippen LogP contribution is 2.16. The molecule has 0 aromatic heterocycles. The molecule has 0 unspecified atom stereocenters. The summed E-state index contributed by atoms with van der Waals surface area (Å²) in [5.74, 6) is -0.713. The van der Waals surface area contributed by atoms with E-state index < -0.39 is 15.8 Å². The van der Waals surface area contributed by atoms with Gasteiger partial charge in [-0.25, -0.2) is 8.42 Å². The molecule has 0 N–H and O–H groups in total. The molecule has 0 aliphatic rings. The standard InChI is InChI=1S/C13H15NO5S/c1-18-13(15)6-8-20(16,17)9-7-19-12-5-3-2-4-11(12)10-14/h2-5H,6-9H2,1H3. The fourth-order valence-corrected chi connectivity index (χ4v) is 2.43. The van der Waals surface area contributed by atoms with E-state index in [2.05, 4.69) is 4.74 Å². The van der Waals surface area contributed by atoms with E-state index in [1.54, 1.807) is 24.3 Å². The Kier molecular flexibility index (Phi) is 6.00. The summed E-state index contributed by atoms with van der Waals surface area (Å²) in [6, 6.07) is 8.53. The summed E-state index contributed by atoms with van der Waals surface area (Å²) >= 11 is 0. The van der Waals surface area contributed by atoms with Crippen molar-refractivity contribution >= 4 is 15.8 Å². The second-order valence-electron chi connectivity index (χ2n) is 3.93. The van der Waals surface area contributed by atoms with E-state index in [0.717, 1.165) is 0 Å². The van der Waals surface area contributed by atoms with Gasteiger partial charge in [0.05, 0.1) is 30.6 Å². The summed E-state index contributed by atoms with van der Waals surface area (Å²) < 4.78 is 32.9. The Balaban J connectivity index is 2.47. The maximum atomic E-state index is 11.6. The van der Waals surface area contributed by atoms with Crippen LogP contribution in [0.1, 0.15) is 12.0 Å². The van der Waals surface area contributed by atoms with Crippen molar-refractivity contribution in [1.82, 2.24) is 0 Å². The normalized spacial score (nSPS) is 10.6. The average Bonchev–Trinajstić information content (AvgIpc) is 2.45. The lowest BCUT2D eigenvalue weighted by atomic mass is 10.2. The molecule has 20 heavy (non-hydrogen) atoms. The first-order chi connectivity index (χ1) is 9.48. The lowest BCUT2D eigenvalue weighted by Gasteiger charge is -2.08. The molecule has 0 aliphatic heterocycles. The maximum Gasteiger partial charge on any atom is 0.306 e. The highest BCUT2D eigenvalue weighted by atomic mass is 32.2. The molecule has 0 atom stereocenters. The largest absolute Gasteiger partial charge is 0.491 e. The van der Waals surface area contributed by atoms with Crippen LogP contribution in [0.5, 0.6) is 5.75 Å². The summed E-state index contributed by atoms with van der Waals surface area (Å²) in [4.78, 5) is 10.9. The van der Waals surface area contributed by atoms with Crippen LogP contribution in [-0.4, -0.2) is 39.6 Å². The van der Waals surface area contributed by atoms with Crippen LogP contribution in [0.15, 0.2) is 24.3 Å². The third-order valence-corrected chi connectivity index (χ3v) is 4.12. The van der Waals surface area contributed by atoms with E-state index >= 15 is 0 Å². The lowest BCUT2D eigenvalue weighted by Crippen LogP contribution is -2.19. The van der Waals surface area contributed by atoms with Gasteiger partial charge in [-0.2, -0.15) is 5.26 Å². The van der Waals surface area contributed by atoms with Gasteiger partial charge in [-0.3, -0.25) is 4.79 Å². The number of sulfone groups is 1. The van der Waals surface area contributed by atoms with Gasteiger partial charge in [-0.1, -0.05) is 12.1 Å². The minimum atomic E-state index is -3.39.